The molecule has 3 aliphatic rings. The van der Waals surface area contributed by atoms with Gasteiger partial charge in [-0.2, -0.15) is 0 Å². The number of aryl methyl sites for hydroxylation is 1. The Balaban J connectivity index is 1.54. The largest absolute Gasteiger partial charge is 0.336 e. The normalized spacial score (nSPS) is 22.8. The molecule has 3 fully saturated rings. The summed E-state index contributed by atoms with van der Waals surface area (Å²) in [7, 11) is 0. The van der Waals surface area contributed by atoms with Gasteiger partial charge >= 0.3 is 0 Å². The molecule has 25 heavy (non-hydrogen) atoms. The standard InChI is InChI=1S/C19H21N3O2S/c1-13-8-16(12-25-13)19(24)22-10-14-2-3-17(22)11-21(9-14)18(23)15-4-6-20-7-5-15/h4-8,12,14,17H,2-3,9-11H2,1H3/t14-,17+/m0/s1. The molecule has 2 bridgehead atoms. The first-order valence-electron chi connectivity index (χ1n) is 8.67. The average Bonchev–Trinajstić information content (AvgIpc) is 2.88. The second-order valence-electron chi connectivity index (χ2n) is 6.95. The van der Waals surface area contributed by atoms with Crippen molar-refractivity contribution in [3.63, 3.8) is 0 Å². The fourth-order valence-electron chi connectivity index (χ4n) is 3.89. The van der Waals surface area contributed by atoms with Crippen molar-refractivity contribution >= 4 is 23.2 Å². The zero-order valence-corrected chi connectivity index (χ0v) is 15.0. The van der Waals surface area contributed by atoms with Crippen LogP contribution >= 0.6 is 11.3 Å². The van der Waals surface area contributed by atoms with Gasteiger partial charge in [-0.15, -0.1) is 11.3 Å². The predicted molar refractivity (Wildman–Crippen MR) is 96.7 cm³/mol. The molecular formula is C19H21N3O2S. The first kappa shape index (κ1) is 16.3. The number of carbonyl (C=O) groups excluding carboxylic acids is 2. The van der Waals surface area contributed by atoms with Crippen LogP contribution in [0.5, 0.6) is 0 Å². The van der Waals surface area contributed by atoms with E-state index in [2.05, 4.69) is 4.98 Å². The number of carbonyl (C=O) groups is 2. The molecule has 3 saturated heterocycles. The Kier molecular flexibility index (Phi) is 4.29. The number of piperidine rings is 1. The van der Waals surface area contributed by atoms with Gasteiger partial charge in [0.05, 0.1) is 5.56 Å². The molecule has 0 aromatic carbocycles. The fourth-order valence-corrected chi connectivity index (χ4v) is 4.57. The summed E-state index contributed by atoms with van der Waals surface area (Å²) in [5.41, 5.74) is 1.45. The molecule has 0 unspecified atom stereocenters. The lowest BCUT2D eigenvalue weighted by molar-refractivity contribution is 0.0575. The molecule has 0 spiro atoms. The van der Waals surface area contributed by atoms with Crippen molar-refractivity contribution in [1.29, 1.82) is 0 Å². The van der Waals surface area contributed by atoms with Crippen LogP contribution in [-0.2, 0) is 0 Å². The van der Waals surface area contributed by atoms with Crippen LogP contribution in [0.4, 0.5) is 0 Å². The molecule has 5 rings (SSSR count). The molecule has 2 aromatic rings. The van der Waals surface area contributed by atoms with E-state index in [4.69, 9.17) is 0 Å². The van der Waals surface area contributed by atoms with Crippen LogP contribution in [0.25, 0.3) is 0 Å². The predicted octanol–water partition coefficient (Wildman–Crippen LogP) is 2.83. The second kappa shape index (κ2) is 6.59. The lowest BCUT2D eigenvalue weighted by Crippen LogP contribution is -2.47. The maximum absolute atomic E-state index is 12.9. The number of rotatable bonds is 2. The van der Waals surface area contributed by atoms with Gasteiger partial charge in [0.25, 0.3) is 11.8 Å². The van der Waals surface area contributed by atoms with Crippen molar-refractivity contribution in [2.24, 2.45) is 5.92 Å². The van der Waals surface area contributed by atoms with Crippen LogP contribution in [0.3, 0.4) is 0 Å². The van der Waals surface area contributed by atoms with Crippen molar-refractivity contribution in [2.75, 3.05) is 19.6 Å². The number of pyridine rings is 1. The van der Waals surface area contributed by atoms with Crippen molar-refractivity contribution in [1.82, 2.24) is 14.8 Å². The van der Waals surface area contributed by atoms with E-state index < -0.39 is 0 Å². The number of aromatic nitrogens is 1. The minimum Gasteiger partial charge on any atom is -0.336 e. The van der Waals surface area contributed by atoms with E-state index >= 15 is 0 Å². The van der Waals surface area contributed by atoms with E-state index in [9.17, 15) is 9.59 Å². The Bertz CT molecular complexity index is 789. The third kappa shape index (κ3) is 3.18. The van der Waals surface area contributed by atoms with Crippen molar-refractivity contribution in [3.8, 4) is 0 Å². The third-order valence-electron chi connectivity index (χ3n) is 5.17. The van der Waals surface area contributed by atoms with E-state index in [0.717, 1.165) is 36.4 Å². The van der Waals surface area contributed by atoms with E-state index in [1.165, 1.54) is 0 Å². The van der Waals surface area contributed by atoms with Gasteiger partial charge in [0.2, 0.25) is 0 Å². The number of hydrogen-bond acceptors (Lipinski definition) is 4. The van der Waals surface area contributed by atoms with Crippen molar-refractivity contribution in [2.45, 2.75) is 25.8 Å². The van der Waals surface area contributed by atoms with Crippen LogP contribution in [0.15, 0.2) is 36.0 Å². The number of nitrogens with zero attached hydrogens (tertiary/aromatic N) is 3. The quantitative estimate of drug-likeness (QED) is 0.832. The van der Waals surface area contributed by atoms with E-state index in [1.807, 2.05) is 28.2 Å². The first-order chi connectivity index (χ1) is 12.1. The molecule has 6 heteroatoms. The van der Waals surface area contributed by atoms with Crippen LogP contribution in [-0.4, -0.2) is 52.3 Å². The van der Waals surface area contributed by atoms with Gasteiger partial charge in [0.15, 0.2) is 0 Å². The molecular weight excluding hydrogens is 334 g/mol. The van der Waals surface area contributed by atoms with Crippen LogP contribution in [0, 0.1) is 12.8 Å². The maximum atomic E-state index is 12.9. The summed E-state index contributed by atoms with van der Waals surface area (Å²) in [6.45, 7) is 4.11. The number of amides is 2. The van der Waals surface area contributed by atoms with Gasteiger partial charge in [-0.25, -0.2) is 0 Å². The molecule has 0 radical (unpaired) electrons. The fraction of sp³-hybridized carbons (Fsp3) is 0.421. The van der Waals surface area contributed by atoms with Crippen molar-refractivity contribution in [3.05, 3.63) is 52.0 Å². The zero-order valence-electron chi connectivity index (χ0n) is 14.2. The van der Waals surface area contributed by atoms with Crippen LogP contribution in [0.1, 0.15) is 38.4 Å². The molecule has 2 aromatic heterocycles. The lowest BCUT2D eigenvalue weighted by atomic mass is 9.94. The van der Waals surface area contributed by atoms with Gasteiger partial charge in [0.1, 0.15) is 0 Å². The van der Waals surface area contributed by atoms with Gasteiger partial charge < -0.3 is 9.80 Å². The van der Waals surface area contributed by atoms with Gasteiger partial charge in [-0.1, -0.05) is 0 Å². The van der Waals surface area contributed by atoms with Crippen LogP contribution in [0.2, 0.25) is 0 Å². The monoisotopic (exact) mass is 355 g/mol. The smallest absolute Gasteiger partial charge is 0.255 e. The Hall–Kier alpha value is -2.21. The Morgan fingerprint density at radius 3 is 2.60 bits per heavy atom. The zero-order chi connectivity index (χ0) is 17.4. The summed E-state index contributed by atoms with van der Waals surface area (Å²) >= 11 is 1.61. The Labute approximate surface area is 151 Å². The molecule has 2 amide bonds. The van der Waals surface area contributed by atoms with E-state index in [-0.39, 0.29) is 17.9 Å². The minimum absolute atomic E-state index is 0.0416. The van der Waals surface area contributed by atoms with Crippen molar-refractivity contribution < 1.29 is 9.59 Å². The van der Waals surface area contributed by atoms with E-state index in [1.54, 1.807) is 35.9 Å². The van der Waals surface area contributed by atoms with Gasteiger partial charge in [-0.05, 0) is 43.9 Å². The molecule has 0 aliphatic carbocycles. The summed E-state index contributed by atoms with van der Waals surface area (Å²) in [4.78, 5) is 34.8. The van der Waals surface area contributed by atoms with Gasteiger partial charge in [-0.3, -0.25) is 14.6 Å². The summed E-state index contributed by atoms with van der Waals surface area (Å²) in [6.07, 6.45) is 5.35. The molecule has 0 saturated carbocycles. The second-order valence-corrected chi connectivity index (χ2v) is 8.06. The summed E-state index contributed by atoms with van der Waals surface area (Å²) in [5, 5.41) is 1.94. The molecule has 3 aliphatic heterocycles. The number of hydrogen-bond donors (Lipinski definition) is 0. The highest BCUT2D eigenvalue weighted by Crippen LogP contribution is 2.30. The number of thiophene rings is 1. The highest BCUT2D eigenvalue weighted by atomic mass is 32.1. The minimum atomic E-state index is 0.0416. The third-order valence-corrected chi connectivity index (χ3v) is 6.03. The first-order valence-corrected chi connectivity index (χ1v) is 9.55. The summed E-state index contributed by atoms with van der Waals surface area (Å²) in [5.74, 6) is 0.505. The molecule has 5 heterocycles. The number of fused-ring (bicyclic) bond motifs is 4. The topological polar surface area (TPSA) is 53.5 Å². The van der Waals surface area contributed by atoms with E-state index in [0.29, 0.717) is 18.0 Å². The Morgan fingerprint density at radius 2 is 1.88 bits per heavy atom. The molecule has 5 nitrogen and oxygen atoms in total. The molecule has 0 N–H and O–H groups in total. The summed E-state index contributed by atoms with van der Waals surface area (Å²) < 4.78 is 0. The molecule has 130 valence electrons. The summed E-state index contributed by atoms with van der Waals surface area (Å²) in [6, 6.07) is 5.58. The highest BCUT2D eigenvalue weighted by Gasteiger charge is 2.39. The molecule has 2 atom stereocenters. The van der Waals surface area contributed by atoms with Gasteiger partial charge in [0, 0.05) is 53.9 Å². The SMILES string of the molecule is Cc1cc(C(=O)N2C[C@H]3CC[C@@H]2CN(C(=O)c2ccncc2)C3)cs1. The Morgan fingerprint density at radius 1 is 1.08 bits per heavy atom. The highest BCUT2D eigenvalue weighted by molar-refractivity contribution is 7.10. The van der Waals surface area contributed by atoms with Crippen LogP contribution < -0.4 is 0 Å². The lowest BCUT2D eigenvalue weighted by Gasteiger charge is -2.35. The maximum Gasteiger partial charge on any atom is 0.255 e. The average molecular weight is 355 g/mol.